The van der Waals surface area contributed by atoms with E-state index >= 15 is 0 Å². The molecule has 4 atom stereocenters. The summed E-state index contributed by atoms with van der Waals surface area (Å²) in [6.45, 7) is 7.61. The van der Waals surface area contributed by atoms with Crippen LogP contribution in [0.5, 0.6) is 11.5 Å². The van der Waals surface area contributed by atoms with Crippen LogP contribution in [0.3, 0.4) is 0 Å². The molecular weight excluding hydrogens is 498 g/mol. The van der Waals surface area contributed by atoms with Gasteiger partial charge in [0.2, 0.25) is 6.10 Å². The summed E-state index contributed by atoms with van der Waals surface area (Å²) in [4.78, 5) is 25.2. The van der Waals surface area contributed by atoms with Crippen molar-refractivity contribution in [1.82, 2.24) is 0 Å². The summed E-state index contributed by atoms with van der Waals surface area (Å²) in [6.07, 6.45) is 1.14. The SMILES string of the molecule is CCC(C)OC(=O)/C(Br)=C/[C@H]1[C@@H](C(=O)O[C@H](C#N)c2cccc(Oc3ccccc3)c2)C1(C)C. The Kier molecular flexibility index (Phi) is 8.16. The minimum Gasteiger partial charge on any atom is -0.459 e. The van der Waals surface area contributed by atoms with Crippen LogP contribution in [0.1, 0.15) is 45.8 Å². The van der Waals surface area contributed by atoms with Gasteiger partial charge in [0.25, 0.3) is 0 Å². The fraction of sp³-hybridized carbons (Fsp3) is 0.370. The summed E-state index contributed by atoms with van der Waals surface area (Å²) in [7, 11) is 0. The van der Waals surface area contributed by atoms with Crippen molar-refractivity contribution in [3.8, 4) is 17.6 Å². The molecule has 3 rings (SSSR count). The average Bonchev–Trinajstić information content (AvgIpc) is 3.37. The Bertz CT molecular complexity index is 1110. The van der Waals surface area contributed by atoms with Crippen LogP contribution in [-0.2, 0) is 19.1 Å². The molecule has 1 unspecified atom stereocenters. The maximum atomic E-state index is 13.0. The summed E-state index contributed by atoms with van der Waals surface area (Å²) in [5.41, 5.74) is 0.110. The molecule has 2 aromatic rings. The van der Waals surface area contributed by atoms with E-state index in [1.165, 1.54) is 0 Å². The summed E-state index contributed by atoms with van der Waals surface area (Å²) in [5, 5.41) is 9.68. The van der Waals surface area contributed by atoms with Gasteiger partial charge < -0.3 is 14.2 Å². The van der Waals surface area contributed by atoms with E-state index in [4.69, 9.17) is 14.2 Å². The van der Waals surface area contributed by atoms with Crippen molar-refractivity contribution >= 4 is 27.9 Å². The molecule has 6 nitrogen and oxygen atoms in total. The van der Waals surface area contributed by atoms with Gasteiger partial charge in [-0.05, 0) is 64.9 Å². The largest absolute Gasteiger partial charge is 0.459 e. The van der Waals surface area contributed by atoms with Crippen LogP contribution >= 0.6 is 15.9 Å². The monoisotopic (exact) mass is 525 g/mol. The van der Waals surface area contributed by atoms with E-state index in [9.17, 15) is 14.9 Å². The van der Waals surface area contributed by atoms with E-state index in [1.54, 1.807) is 30.3 Å². The van der Waals surface area contributed by atoms with Gasteiger partial charge >= 0.3 is 11.9 Å². The molecule has 34 heavy (non-hydrogen) atoms. The number of ether oxygens (including phenoxy) is 3. The van der Waals surface area contributed by atoms with Gasteiger partial charge in [0.05, 0.1) is 16.5 Å². The second-order valence-electron chi connectivity index (χ2n) is 8.90. The van der Waals surface area contributed by atoms with Crippen LogP contribution in [-0.4, -0.2) is 18.0 Å². The van der Waals surface area contributed by atoms with E-state index in [2.05, 4.69) is 22.0 Å². The van der Waals surface area contributed by atoms with Crippen molar-refractivity contribution in [2.45, 2.75) is 46.3 Å². The molecule has 1 saturated carbocycles. The van der Waals surface area contributed by atoms with E-state index in [-0.39, 0.29) is 16.5 Å². The number of benzene rings is 2. The minimum atomic E-state index is -1.08. The highest BCUT2D eigenvalue weighted by Crippen LogP contribution is 2.60. The third kappa shape index (κ3) is 6.06. The fourth-order valence-corrected chi connectivity index (χ4v) is 4.09. The second-order valence-corrected chi connectivity index (χ2v) is 9.75. The first-order valence-corrected chi connectivity index (χ1v) is 12.0. The standard InChI is InChI=1S/C27H28BrNO5/c1-5-17(2)32-25(30)22(28)15-21-24(27(21,3)4)26(31)34-23(16-29)18-10-9-13-20(14-18)33-19-11-7-6-8-12-19/h6-15,17,21,23-24H,5H2,1-4H3/b22-15-/t17?,21-,23+,24-/m0/s1. The molecule has 0 amide bonds. The zero-order valence-electron chi connectivity index (χ0n) is 19.7. The number of allylic oxidation sites excluding steroid dienone is 1. The Morgan fingerprint density at radius 3 is 2.44 bits per heavy atom. The molecule has 0 heterocycles. The lowest BCUT2D eigenvalue weighted by Crippen LogP contribution is -2.15. The Morgan fingerprint density at radius 2 is 1.79 bits per heavy atom. The summed E-state index contributed by atoms with van der Waals surface area (Å²) < 4.78 is 17.0. The topological polar surface area (TPSA) is 85.6 Å². The number of halogens is 1. The number of nitriles is 1. The number of carbonyl (C=O) groups excluding carboxylic acids is 2. The third-order valence-corrected chi connectivity index (χ3v) is 6.65. The van der Waals surface area contributed by atoms with Gasteiger partial charge in [-0.1, -0.05) is 57.2 Å². The van der Waals surface area contributed by atoms with Gasteiger partial charge in [0, 0.05) is 5.56 Å². The van der Waals surface area contributed by atoms with Crippen LogP contribution in [0.4, 0.5) is 0 Å². The molecule has 0 spiro atoms. The number of para-hydroxylation sites is 1. The highest BCUT2D eigenvalue weighted by molar-refractivity contribution is 9.12. The zero-order valence-corrected chi connectivity index (χ0v) is 21.2. The summed E-state index contributed by atoms with van der Waals surface area (Å²) in [6, 6.07) is 18.3. The molecule has 0 radical (unpaired) electrons. The number of nitrogens with zero attached hydrogens (tertiary/aromatic N) is 1. The van der Waals surface area contributed by atoms with Crippen LogP contribution in [0.25, 0.3) is 0 Å². The number of hydrogen-bond acceptors (Lipinski definition) is 6. The van der Waals surface area contributed by atoms with Crippen LogP contribution < -0.4 is 4.74 Å². The minimum absolute atomic E-state index is 0.195. The second kappa shape index (κ2) is 10.9. The van der Waals surface area contributed by atoms with Crippen LogP contribution in [0, 0.1) is 28.6 Å². The van der Waals surface area contributed by atoms with Gasteiger partial charge in [-0.25, -0.2) is 4.79 Å². The molecule has 0 bridgehead atoms. The number of rotatable bonds is 9. The first-order valence-electron chi connectivity index (χ1n) is 11.2. The molecule has 0 N–H and O–H groups in total. The summed E-state index contributed by atoms with van der Waals surface area (Å²) >= 11 is 3.27. The maximum Gasteiger partial charge on any atom is 0.345 e. The predicted molar refractivity (Wildman–Crippen MR) is 131 cm³/mol. The van der Waals surface area contributed by atoms with Gasteiger partial charge in [-0.3, -0.25) is 4.79 Å². The van der Waals surface area contributed by atoms with E-state index in [0.717, 1.165) is 0 Å². The van der Waals surface area contributed by atoms with Gasteiger partial charge in [0.15, 0.2) is 0 Å². The highest BCUT2D eigenvalue weighted by Gasteiger charge is 2.62. The van der Waals surface area contributed by atoms with Crippen molar-refractivity contribution in [1.29, 1.82) is 5.26 Å². The van der Waals surface area contributed by atoms with Crippen molar-refractivity contribution in [3.63, 3.8) is 0 Å². The number of carbonyl (C=O) groups is 2. The molecule has 0 saturated heterocycles. The Hall–Kier alpha value is -3.11. The molecule has 7 heteroatoms. The number of hydrogen-bond donors (Lipinski definition) is 0. The quantitative estimate of drug-likeness (QED) is 0.275. The predicted octanol–water partition coefficient (Wildman–Crippen LogP) is 6.48. The highest BCUT2D eigenvalue weighted by atomic mass is 79.9. The average molecular weight is 526 g/mol. The van der Waals surface area contributed by atoms with Crippen LogP contribution in [0.15, 0.2) is 65.2 Å². The Labute approximate surface area is 208 Å². The van der Waals surface area contributed by atoms with Gasteiger partial charge in [0.1, 0.15) is 17.6 Å². The van der Waals surface area contributed by atoms with Gasteiger partial charge in [-0.15, -0.1) is 0 Å². The van der Waals surface area contributed by atoms with Crippen molar-refractivity contribution in [2.75, 3.05) is 0 Å². The summed E-state index contributed by atoms with van der Waals surface area (Å²) in [5.74, 6) is -0.438. The zero-order chi connectivity index (χ0) is 24.9. The lowest BCUT2D eigenvalue weighted by molar-refractivity contribution is -0.149. The molecule has 0 aliphatic heterocycles. The third-order valence-electron chi connectivity index (χ3n) is 6.06. The normalized spacial score (nSPS) is 20.4. The first kappa shape index (κ1) is 25.5. The lowest BCUT2D eigenvalue weighted by Gasteiger charge is -2.13. The number of esters is 2. The molecule has 1 fully saturated rings. The maximum absolute atomic E-state index is 13.0. The molecule has 2 aromatic carbocycles. The lowest BCUT2D eigenvalue weighted by atomic mass is 10.1. The van der Waals surface area contributed by atoms with Crippen molar-refractivity contribution < 1.29 is 23.8 Å². The van der Waals surface area contributed by atoms with E-state index in [0.29, 0.717) is 23.5 Å². The Morgan fingerprint density at radius 1 is 1.12 bits per heavy atom. The fourth-order valence-electron chi connectivity index (χ4n) is 3.71. The van der Waals surface area contributed by atoms with E-state index < -0.39 is 29.4 Å². The smallest absolute Gasteiger partial charge is 0.345 e. The van der Waals surface area contributed by atoms with Crippen molar-refractivity contribution in [3.05, 3.63) is 70.7 Å². The van der Waals surface area contributed by atoms with Crippen LogP contribution in [0.2, 0.25) is 0 Å². The molecule has 1 aliphatic rings. The molecule has 178 valence electrons. The molecular formula is C27H28BrNO5. The molecule has 1 aliphatic carbocycles. The first-order chi connectivity index (χ1) is 16.2. The molecule has 0 aromatic heterocycles. The van der Waals surface area contributed by atoms with Gasteiger partial charge in [-0.2, -0.15) is 5.26 Å². The van der Waals surface area contributed by atoms with Crippen molar-refractivity contribution in [2.24, 2.45) is 17.3 Å². The Balaban J connectivity index is 1.68. The van der Waals surface area contributed by atoms with E-state index in [1.807, 2.05) is 58.0 Å².